The van der Waals surface area contributed by atoms with E-state index in [1.165, 1.54) is 6.42 Å². The Balaban J connectivity index is 2.14. The number of hydrogen-bond donors (Lipinski definition) is 2. The van der Waals surface area contributed by atoms with Gasteiger partial charge in [-0.1, -0.05) is 20.8 Å². The van der Waals surface area contributed by atoms with E-state index in [1.807, 2.05) is 0 Å². The van der Waals surface area contributed by atoms with Crippen LogP contribution in [0, 0.1) is 17.3 Å². The van der Waals surface area contributed by atoms with Crippen LogP contribution < -0.4 is 5.73 Å². The minimum Gasteiger partial charge on any atom is -0.396 e. The summed E-state index contributed by atoms with van der Waals surface area (Å²) in [6, 6.07) is 0.441. The lowest BCUT2D eigenvalue weighted by Crippen LogP contribution is -2.55. The van der Waals surface area contributed by atoms with Crippen LogP contribution in [0.15, 0.2) is 0 Å². The molecule has 2 fully saturated rings. The summed E-state index contributed by atoms with van der Waals surface area (Å²) in [6.45, 7) is 7.61. The monoisotopic (exact) mass is 296 g/mol. The van der Waals surface area contributed by atoms with E-state index in [2.05, 4.69) is 25.7 Å². The van der Waals surface area contributed by atoms with E-state index in [9.17, 15) is 9.90 Å². The number of rotatable bonds is 3. The van der Waals surface area contributed by atoms with Gasteiger partial charge in [0.1, 0.15) is 0 Å². The number of nitrogens with two attached hydrogens (primary N) is 1. The second-order valence-corrected chi connectivity index (χ2v) is 7.60. The van der Waals surface area contributed by atoms with Gasteiger partial charge in [0.2, 0.25) is 5.91 Å². The van der Waals surface area contributed by atoms with E-state index in [1.54, 1.807) is 0 Å². The second-order valence-electron chi connectivity index (χ2n) is 7.60. The first kappa shape index (κ1) is 16.8. The maximum Gasteiger partial charge on any atom is 0.226 e. The smallest absolute Gasteiger partial charge is 0.226 e. The normalized spacial score (nSPS) is 36.5. The molecule has 0 radical (unpaired) electrons. The number of piperidine rings is 1. The highest BCUT2D eigenvalue weighted by Gasteiger charge is 2.47. The largest absolute Gasteiger partial charge is 0.396 e. The van der Waals surface area contributed by atoms with Crippen molar-refractivity contribution in [2.75, 3.05) is 13.2 Å². The topological polar surface area (TPSA) is 66.6 Å². The molecule has 122 valence electrons. The van der Waals surface area contributed by atoms with Gasteiger partial charge in [-0.05, 0) is 49.9 Å². The van der Waals surface area contributed by atoms with Gasteiger partial charge < -0.3 is 15.7 Å². The van der Waals surface area contributed by atoms with Crippen molar-refractivity contribution < 1.29 is 9.90 Å². The Kier molecular flexibility index (Phi) is 5.31. The van der Waals surface area contributed by atoms with Crippen molar-refractivity contribution in [2.45, 2.75) is 71.4 Å². The first-order valence-corrected chi connectivity index (χ1v) is 8.56. The number of carbonyl (C=O) groups is 1. The lowest BCUT2D eigenvalue weighted by molar-refractivity contribution is -0.147. The summed E-state index contributed by atoms with van der Waals surface area (Å²) in [4.78, 5) is 15.2. The van der Waals surface area contributed by atoms with Crippen LogP contribution in [0.3, 0.4) is 0 Å². The van der Waals surface area contributed by atoms with Crippen LogP contribution in [0.4, 0.5) is 0 Å². The second kappa shape index (κ2) is 6.66. The van der Waals surface area contributed by atoms with Crippen molar-refractivity contribution in [3.63, 3.8) is 0 Å². The molecule has 1 saturated carbocycles. The summed E-state index contributed by atoms with van der Waals surface area (Å²) in [7, 11) is 0. The lowest BCUT2D eigenvalue weighted by atomic mass is 9.60. The molecule has 4 nitrogen and oxygen atoms in total. The van der Waals surface area contributed by atoms with Gasteiger partial charge >= 0.3 is 0 Å². The fourth-order valence-corrected chi connectivity index (χ4v) is 4.23. The molecule has 3 N–H and O–H groups in total. The van der Waals surface area contributed by atoms with Gasteiger partial charge in [-0.15, -0.1) is 0 Å². The average molecular weight is 296 g/mol. The van der Waals surface area contributed by atoms with Crippen LogP contribution in [0.25, 0.3) is 0 Å². The van der Waals surface area contributed by atoms with Gasteiger partial charge in [0.15, 0.2) is 0 Å². The van der Waals surface area contributed by atoms with Crippen molar-refractivity contribution in [2.24, 2.45) is 23.0 Å². The first-order valence-electron chi connectivity index (χ1n) is 8.56. The highest BCUT2D eigenvalue weighted by Crippen LogP contribution is 2.45. The Bertz CT molecular complexity index is 368. The molecule has 0 bridgehead atoms. The molecule has 0 spiro atoms. The Hall–Kier alpha value is -0.610. The van der Waals surface area contributed by atoms with Crippen molar-refractivity contribution in [1.29, 1.82) is 0 Å². The fourth-order valence-electron chi connectivity index (χ4n) is 4.23. The summed E-state index contributed by atoms with van der Waals surface area (Å²) < 4.78 is 0. The number of hydrogen-bond acceptors (Lipinski definition) is 3. The molecule has 4 unspecified atom stereocenters. The third kappa shape index (κ3) is 3.26. The van der Waals surface area contributed by atoms with Crippen LogP contribution in [-0.2, 0) is 4.79 Å². The Morgan fingerprint density at radius 1 is 1.29 bits per heavy atom. The summed E-state index contributed by atoms with van der Waals surface area (Å²) in [6.07, 6.45) is 5.86. The number of carbonyl (C=O) groups excluding carboxylic acids is 1. The van der Waals surface area contributed by atoms with Gasteiger partial charge in [-0.2, -0.15) is 0 Å². The van der Waals surface area contributed by atoms with Crippen molar-refractivity contribution in [3.05, 3.63) is 0 Å². The molecular weight excluding hydrogens is 264 g/mol. The Labute approximate surface area is 129 Å². The van der Waals surface area contributed by atoms with E-state index in [4.69, 9.17) is 5.73 Å². The molecule has 21 heavy (non-hydrogen) atoms. The summed E-state index contributed by atoms with van der Waals surface area (Å²) in [5.41, 5.74) is 6.17. The highest BCUT2D eigenvalue weighted by atomic mass is 16.3. The van der Waals surface area contributed by atoms with Gasteiger partial charge in [0.05, 0.1) is 0 Å². The van der Waals surface area contributed by atoms with Crippen LogP contribution in [-0.4, -0.2) is 41.1 Å². The van der Waals surface area contributed by atoms with Crippen molar-refractivity contribution in [3.8, 4) is 0 Å². The first-order chi connectivity index (χ1) is 9.89. The van der Waals surface area contributed by atoms with Gasteiger partial charge in [0.25, 0.3) is 0 Å². The van der Waals surface area contributed by atoms with Crippen molar-refractivity contribution in [1.82, 2.24) is 4.90 Å². The van der Waals surface area contributed by atoms with E-state index in [0.717, 1.165) is 32.2 Å². The van der Waals surface area contributed by atoms with Crippen LogP contribution >= 0.6 is 0 Å². The number of nitrogens with zero attached hydrogens (tertiary/aromatic N) is 1. The summed E-state index contributed by atoms with van der Waals surface area (Å²) in [5, 5.41) is 9.25. The number of amides is 1. The van der Waals surface area contributed by atoms with E-state index in [-0.39, 0.29) is 30.0 Å². The third-order valence-electron chi connectivity index (χ3n) is 6.17. The zero-order chi connectivity index (χ0) is 15.6. The minimum atomic E-state index is -0.0457. The maximum atomic E-state index is 13.1. The van der Waals surface area contributed by atoms with Gasteiger partial charge in [-0.3, -0.25) is 4.79 Å². The molecule has 0 aromatic carbocycles. The Morgan fingerprint density at radius 2 is 2.00 bits per heavy atom. The molecule has 2 rings (SSSR count). The molecule has 1 heterocycles. The predicted molar refractivity (Wildman–Crippen MR) is 84.7 cm³/mol. The molecule has 0 aromatic heterocycles. The zero-order valence-electron chi connectivity index (χ0n) is 13.8. The van der Waals surface area contributed by atoms with Crippen LogP contribution in [0.1, 0.15) is 59.3 Å². The maximum absolute atomic E-state index is 13.1. The fraction of sp³-hybridized carbons (Fsp3) is 0.941. The predicted octanol–water partition coefficient (Wildman–Crippen LogP) is 2.15. The molecule has 1 amide bonds. The molecule has 1 aliphatic carbocycles. The van der Waals surface area contributed by atoms with E-state index < -0.39 is 0 Å². The van der Waals surface area contributed by atoms with Crippen LogP contribution in [0.5, 0.6) is 0 Å². The quantitative estimate of drug-likeness (QED) is 0.838. The molecule has 4 heteroatoms. The number of aliphatic hydroxyl groups excluding tert-OH is 1. The van der Waals surface area contributed by atoms with Crippen molar-refractivity contribution >= 4 is 5.91 Å². The third-order valence-corrected chi connectivity index (χ3v) is 6.17. The highest BCUT2D eigenvalue weighted by molar-refractivity contribution is 5.80. The SMILES string of the molecule is CC1C(N)CCC(C(=O)N2CCCCC2CCO)C1(C)C. The summed E-state index contributed by atoms with van der Waals surface area (Å²) in [5.74, 6) is 0.741. The molecule has 0 aromatic rings. The number of likely N-dealkylation sites (tertiary alicyclic amines) is 1. The average Bonchev–Trinajstić information content (AvgIpc) is 2.45. The zero-order valence-corrected chi connectivity index (χ0v) is 13.8. The lowest BCUT2D eigenvalue weighted by Gasteiger charge is -2.49. The standard InChI is InChI=1S/C17H32N2O2/c1-12-15(18)8-7-14(17(12,2)3)16(21)19-10-5-4-6-13(19)9-11-20/h12-15,20H,4-11,18H2,1-3H3. The summed E-state index contributed by atoms with van der Waals surface area (Å²) >= 11 is 0. The molecular formula is C17H32N2O2. The van der Waals surface area contributed by atoms with E-state index in [0.29, 0.717) is 18.2 Å². The Morgan fingerprint density at radius 3 is 2.67 bits per heavy atom. The molecule has 1 saturated heterocycles. The molecule has 4 atom stereocenters. The van der Waals surface area contributed by atoms with Gasteiger partial charge in [-0.25, -0.2) is 0 Å². The molecule has 1 aliphatic heterocycles. The minimum absolute atomic E-state index is 0.0457. The van der Waals surface area contributed by atoms with E-state index >= 15 is 0 Å². The number of aliphatic hydroxyl groups is 1. The molecule has 2 aliphatic rings. The van der Waals surface area contributed by atoms with Crippen LogP contribution in [0.2, 0.25) is 0 Å². The van der Waals surface area contributed by atoms with Gasteiger partial charge in [0, 0.05) is 31.2 Å².